The van der Waals surface area contributed by atoms with Crippen LogP contribution in [-0.4, -0.2) is 23.5 Å². The van der Waals surface area contributed by atoms with Gasteiger partial charge in [-0.05, 0) is 122 Å². The zero-order valence-corrected chi connectivity index (χ0v) is 26.5. The standard InChI is InChI=1S/C30H43N3S.C4H10/c1-9-30(34,23(8)33)28(26(16-31)18(2)3)15-21(6)22(7)27(17-32)25-12-10-11-24-19(4)13-14-20(5)29(24)25;1-4(2)3/h13-15,33-34H,2,7,9-12,16-17,31-32H2,1,3-6,8H3;4H,1-3H3/b21-15+,27-25-,28-26+,33-23?;/t30-;/m1./s1. The van der Waals surface area contributed by atoms with Gasteiger partial charge in [0.25, 0.3) is 0 Å². The normalized spacial score (nSPS) is 17.0. The van der Waals surface area contributed by atoms with E-state index in [9.17, 15) is 0 Å². The first kappa shape index (κ1) is 33.9. The lowest BCUT2D eigenvalue weighted by Gasteiger charge is -2.32. The van der Waals surface area contributed by atoms with Crippen LogP contribution in [0.15, 0.2) is 64.8 Å². The molecule has 0 spiro atoms. The van der Waals surface area contributed by atoms with Crippen LogP contribution in [0.25, 0.3) is 5.57 Å². The Kier molecular flexibility index (Phi) is 13.3. The monoisotopic (exact) mass is 535 g/mol. The van der Waals surface area contributed by atoms with Gasteiger partial charge in [-0.1, -0.05) is 64.6 Å². The maximum atomic E-state index is 8.48. The third-order valence-corrected chi connectivity index (χ3v) is 8.19. The van der Waals surface area contributed by atoms with Gasteiger partial charge in [-0.15, -0.1) is 0 Å². The fraction of sp³-hybridized carbons (Fsp3) is 0.500. The molecule has 38 heavy (non-hydrogen) atoms. The van der Waals surface area contributed by atoms with Crippen LogP contribution >= 0.6 is 12.6 Å². The predicted octanol–water partition coefficient (Wildman–Crippen LogP) is 8.47. The highest BCUT2D eigenvalue weighted by Crippen LogP contribution is 2.40. The summed E-state index contributed by atoms with van der Waals surface area (Å²) in [5, 5.41) is 8.48. The van der Waals surface area contributed by atoms with E-state index in [1.807, 2.05) is 13.8 Å². The molecule has 4 heteroatoms. The zero-order chi connectivity index (χ0) is 29.4. The number of nitrogens with one attached hydrogen (secondary N) is 1. The average Bonchev–Trinajstić information content (AvgIpc) is 2.85. The molecule has 1 aromatic rings. The van der Waals surface area contributed by atoms with Gasteiger partial charge in [0.15, 0.2) is 0 Å². The highest BCUT2D eigenvalue weighted by Gasteiger charge is 2.32. The van der Waals surface area contributed by atoms with E-state index in [0.29, 0.717) is 25.2 Å². The van der Waals surface area contributed by atoms with Gasteiger partial charge in [0.05, 0.1) is 4.75 Å². The minimum atomic E-state index is -0.726. The van der Waals surface area contributed by atoms with E-state index < -0.39 is 4.75 Å². The molecule has 1 aromatic carbocycles. The largest absolute Gasteiger partial charge is 0.326 e. The molecule has 1 aliphatic rings. The molecule has 0 saturated heterocycles. The summed E-state index contributed by atoms with van der Waals surface area (Å²) in [5.74, 6) is 0.833. The van der Waals surface area contributed by atoms with Crippen LogP contribution in [0.3, 0.4) is 0 Å². The van der Waals surface area contributed by atoms with Crippen molar-refractivity contribution in [2.24, 2.45) is 17.4 Å². The van der Waals surface area contributed by atoms with Gasteiger partial charge in [-0.25, -0.2) is 0 Å². The SMILES string of the molecule is C=C(C)/C(CN)=C(\C=C(/C)C(=C)/C(CN)=C1/CCCc2c(C)ccc(C)c21)[C@@](S)(CC)C(C)=N.CC(C)C. The molecular weight excluding hydrogens is 482 g/mol. The van der Waals surface area contributed by atoms with Gasteiger partial charge in [0.1, 0.15) is 0 Å². The van der Waals surface area contributed by atoms with Crippen molar-refractivity contribution in [2.45, 2.75) is 92.7 Å². The van der Waals surface area contributed by atoms with E-state index >= 15 is 0 Å². The molecule has 0 saturated carbocycles. The van der Waals surface area contributed by atoms with Crippen LogP contribution < -0.4 is 11.5 Å². The number of benzene rings is 1. The summed E-state index contributed by atoms with van der Waals surface area (Å²) in [6.45, 7) is 28.2. The molecule has 0 aliphatic heterocycles. The van der Waals surface area contributed by atoms with Crippen molar-refractivity contribution < 1.29 is 0 Å². The summed E-state index contributed by atoms with van der Waals surface area (Å²) < 4.78 is -0.726. The Balaban J connectivity index is 0.00000168. The predicted molar refractivity (Wildman–Crippen MR) is 175 cm³/mol. The number of hydrogen-bond acceptors (Lipinski definition) is 4. The van der Waals surface area contributed by atoms with Gasteiger partial charge < -0.3 is 16.9 Å². The van der Waals surface area contributed by atoms with Crippen molar-refractivity contribution in [1.82, 2.24) is 0 Å². The van der Waals surface area contributed by atoms with Crippen LogP contribution in [0.2, 0.25) is 0 Å². The van der Waals surface area contributed by atoms with Crippen LogP contribution in [-0.2, 0) is 6.42 Å². The second-order valence-electron chi connectivity index (χ2n) is 11.3. The lowest BCUT2D eigenvalue weighted by molar-refractivity contribution is 0.737. The molecule has 5 N–H and O–H groups in total. The first-order valence-corrected chi connectivity index (χ1v) is 14.4. The van der Waals surface area contributed by atoms with Crippen molar-refractivity contribution in [3.63, 3.8) is 0 Å². The lowest BCUT2D eigenvalue weighted by atomic mass is 9.78. The van der Waals surface area contributed by atoms with Crippen LogP contribution in [0.5, 0.6) is 0 Å². The highest BCUT2D eigenvalue weighted by atomic mass is 32.1. The van der Waals surface area contributed by atoms with Crippen molar-refractivity contribution in [3.8, 4) is 0 Å². The lowest BCUT2D eigenvalue weighted by Crippen LogP contribution is -2.33. The second kappa shape index (κ2) is 14.9. The Morgan fingerprint density at radius 1 is 1.05 bits per heavy atom. The molecule has 0 fully saturated rings. The fourth-order valence-electron chi connectivity index (χ4n) is 5.08. The molecule has 2 rings (SSSR count). The number of thiol groups is 1. The molecule has 0 amide bonds. The van der Waals surface area contributed by atoms with Crippen LogP contribution in [0, 0.1) is 25.2 Å². The highest BCUT2D eigenvalue weighted by molar-refractivity contribution is 7.83. The molecule has 0 heterocycles. The minimum absolute atomic E-state index is 0.340. The first-order valence-electron chi connectivity index (χ1n) is 13.9. The topological polar surface area (TPSA) is 75.9 Å². The molecule has 0 bridgehead atoms. The summed E-state index contributed by atoms with van der Waals surface area (Å²) in [4.78, 5) is 0. The third kappa shape index (κ3) is 7.94. The Hall–Kier alpha value is -2.14. The maximum Gasteiger partial charge on any atom is 0.0749 e. The molecule has 0 unspecified atom stereocenters. The number of rotatable bonds is 9. The fourth-order valence-corrected chi connectivity index (χ4v) is 5.28. The molecule has 0 aromatic heterocycles. The Bertz CT molecular complexity index is 1140. The van der Waals surface area contributed by atoms with Crippen molar-refractivity contribution in [3.05, 3.63) is 87.1 Å². The van der Waals surface area contributed by atoms with E-state index in [1.54, 1.807) is 6.92 Å². The number of hydrogen-bond donors (Lipinski definition) is 4. The van der Waals surface area contributed by atoms with Gasteiger partial charge in [-0.2, -0.15) is 12.6 Å². The number of fused-ring (bicyclic) bond motifs is 1. The van der Waals surface area contributed by atoms with Crippen molar-refractivity contribution in [2.75, 3.05) is 13.1 Å². The van der Waals surface area contributed by atoms with Crippen LogP contribution in [0.1, 0.15) is 90.0 Å². The maximum absolute atomic E-state index is 8.48. The van der Waals surface area contributed by atoms with Gasteiger partial charge in [-0.3, -0.25) is 0 Å². The Labute approximate surface area is 239 Å². The smallest absolute Gasteiger partial charge is 0.0749 e. The van der Waals surface area contributed by atoms with Crippen molar-refractivity contribution in [1.29, 1.82) is 5.41 Å². The summed E-state index contributed by atoms with van der Waals surface area (Å²) >= 11 is 4.99. The molecule has 3 nitrogen and oxygen atoms in total. The minimum Gasteiger partial charge on any atom is -0.326 e. The van der Waals surface area contributed by atoms with Gasteiger partial charge in [0, 0.05) is 18.8 Å². The summed E-state index contributed by atoms with van der Waals surface area (Å²) in [5.41, 5.74) is 25.6. The van der Waals surface area contributed by atoms with Crippen molar-refractivity contribution >= 4 is 23.9 Å². The Morgan fingerprint density at radius 3 is 2.05 bits per heavy atom. The number of aryl methyl sites for hydroxylation is 2. The van der Waals surface area contributed by atoms with E-state index in [4.69, 9.17) is 29.5 Å². The average molecular weight is 536 g/mol. The van der Waals surface area contributed by atoms with E-state index in [0.717, 1.165) is 58.6 Å². The summed E-state index contributed by atoms with van der Waals surface area (Å²) in [6, 6.07) is 4.43. The van der Waals surface area contributed by atoms with Gasteiger partial charge >= 0.3 is 0 Å². The van der Waals surface area contributed by atoms with Crippen LogP contribution in [0.4, 0.5) is 0 Å². The van der Waals surface area contributed by atoms with Gasteiger partial charge in [0.2, 0.25) is 0 Å². The molecule has 0 radical (unpaired) electrons. The summed E-state index contributed by atoms with van der Waals surface area (Å²) in [7, 11) is 0. The molecule has 1 aliphatic carbocycles. The second-order valence-corrected chi connectivity index (χ2v) is 12.1. The number of nitrogens with two attached hydrogens (primary N) is 2. The number of allylic oxidation sites excluding steroid dienone is 3. The molecule has 210 valence electrons. The van der Waals surface area contributed by atoms with E-state index in [2.05, 4.69) is 72.9 Å². The Morgan fingerprint density at radius 2 is 1.61 bits per heavy atom. The van der Waals surface area contributed by atoms with E-state index in [1.165, 1.54) is 27.8 Å². The zero-order valence-electron chi connectivity index (χ0n) is 25.6. The molecule has 1 atom stereocenters. The third-order valence-electron chi connectivity index (χ3n) is 7.30. The summed E-state index contributed by atoms with van der Waals surface area (Å²) in [6.07, 6.45) is 6.01. The quantitative estimate of drug-likeness (QED) is 0.145. The van der Waals surface area contributed by atoms with E-state index in [-0.39, 0.29) is 0 Å². The first-order chi connectivity index (χ1) is 17.7. The molecular formula is C34H53N3S.